The number of hydrogen-bond acceptors (Lipinski definition) is 3. The van der Waals surface area contributed by atoms with Crippen molar-refractivity contribution < 1.29 is 9.53 Å². The van der Waals surface area contributed by atoms with Crippen LogP contribution in [0.15, 0.2) is 35.3 Å². The topological polar surface area (TPSA) is 50.4 Å². The summed E-state index contributed by atoms with van der Waals surface area (Å²) in [5.41, 5.74) is 1.02. The second kappa shape index (κ2) is 7.96. The predicted octanol–water partition coefficient (Wildman–Crippen LogP) is 2.41. The Balaban J connectivity index is 2.57. The molecule has 2 N–H and O–H groups in total. The highest BCUT2D eigenvalue weighted by molar-refractivity contribution is 9.10. The number of halogens is 1. The molecule has 4 nitrogen and oxygen atoms in total. The molecule has 0 fully saturated rings. The molecule has 0 saturated carbocycles. The number of hydrogen-bond donors (Lipinski definition) is 2. The van der Waals surface area contributed by atoms with Crippen molar-refractivity contribution in [2.75, 3.05) is 20.2 Å². The zero-order chi connectivity index (χ0) is 14.3. The number of ether oxygens (including phenoxy) is 1. The van der Waals surface area contributed by atoms with Crippen molar-refractivity contribution in [3.8, 4) is 5.75 Å². The van der Waals surface area contributed by atoms with Gasteiger partial charge in [0.1, 0.15) is 5.75 Å². The van der Waals surface area contributed by atoms with E-state index in [4.69, 9.17) is 4.74 Å². The number of rotatable bonds is 7. The van der Waals surface area contributed by atoms with Crippen LogP contribution in [0.3, 0.4) is 0 Å². The van der Waals surface area contributed by atoms with Crippen molar-refractivity contribution in [1.29, 1.82) is 0 Å². The van der Waals surface area contributed by atoms with Gasteiger partial charge in [0.15, 0.2) is 0 Å². The van der Waals surface area contributed by atoms with E-state index in [1.54, 1.807) is 13.2 Å². The maximum absolute atomic E-state index is 11.7. The Bertz CT molecular complexity index is 449. The predicted molar refractivity (Wildman–Crippen MR) is 80.3 cm³/mol. The standard InChI is InChI=1S/C14H19BrN2O2/c1-4-7-16-9-14(18)17-10(2)11-5-6-13(19-3)12(15)8-11/h4-6,8,10,16H,1,7,9H2,2-3H3,(H,17,18). The van der Waals surface area contributed by atoms with Crippen LogP contribution in [0.4, 0.5) is 0 Å². The summed E-state index contributed by atoms with van der Waals surface area (Å²) in [6.07, 6.45) is 1.72. The van der Waals surface area contributed by atoms with Crippen molar-refractivity contribution in [2.45, 2.75) is 13.0 Å². The molecule has 0 aliphatic carbocycles. The summed E-state index contributed by atoms with van der Waals surface area (Å²) in [7, 11) is 1.62. The smallest absolute Gasteiger partial charge is 0.234 e. The summed E-state index contributed by atoms with van der Waals surface area (Å²) in [6.45, 7) is 6.43. The average molecular weight is 327 g/mol. The van der Waals surface area contributed by atoms with Gasteiger partial charge in [-0.1, -0.05) is 12.1 Å². The van der Waals surface area contributed by atoms with Crippen molar-refractivity contribution in [2.24, 2.45) is 0 Å². The van der Waals surface area contributed by atoms with Gasteiger partial charge in [-0.15, -0.1) is 6.58 Å². The van der Waals surface area contributed by atoms with Crippen LogP contribution in [0.1, 0.15) is 18.5 Å². The van der Waals surface area contributed by atoms with Crippen molar-refractivity contribution in [3.63, 3.8) is 0 Å². The number of carbonyl (C=O) groups is 1. The normalized spacial score (nSPS) is 11.7. The molecule has 1 amide bonds. The average Bonchev–Trinajstić information content (AvgIpc) is 2.38. The van der Waals surface area contributed by atoms with Gasteiger partial charge in [0.2, 0.25) is 5.91 Å². The molecule has 0 aliphatic heterocycles. The van der Waals surface area contributed by atoms with E-state index < -0.39 is 0 Å². The van der Waals surface area contributed by atoms with E-state index in [9.17, 15) is 4.79 Å². The molecule has 1 aromatic rings. The minimum absolute atomic E-state index is 0.0405. The van der Waals surface area contributed by atoms with Gasteiger partial charge in [0.05, 0.1) is 24.2 Å². The highest BCUT2D eigenvalue weighted by Gasteiger charge is 2.11. The Labute approximate surface area is 122 Å². The number of methoxy groups -OCH3 is 1. The molecule has 5 heteroatoms. The van der Waals surface area contributed by atoms with E-state index in [1.165, 1.54) is 0 Å². The largest absolute Gasteiger partial charge is 0.496 e. The Hall–Kier alpha value is -1.33. The van der Waals surface area contributed by atoms with Gasteiger partial charge in [-0.2, -0.15) is 0 Å². The van der Waals surface area contributed by atoms with E-state index in [1.807, 2.05) is 25.1 Å². The van der Waals surface area contributed by atoms with Crippen LogP contribution in [0, 0.1) is 0 Å². The lowest BCUT2D eigenvalue weighted by Gasteiger charge is -2.15. The first-order chi connectivity index (χ1) is 9.08. The molecule has 1 atom stereocenters. The summed E-state index contributed by atoms with van der Waals surface area (Å²) >= 11 is 3.43. The van der Waals surface area contributed by atoms with E-state index in [2.05, 4.69) is 33.1 Å². The SMILES string of the molecule is C=CCNCC(=O)NC(C)c1ccc(OC)c(Br)c1. The monoisotopic (exact) mass is 326 g/mol. The van der Waals surface area contributed by atoms with Crippen molar-refractivity contribution in [3.05, 3.63) is 40.9 Å². The fourth-order valence-corrected chi connectivity index (χ4v) is 2.17. The summed E-state index contributed by atoms with van der Waals surface area (Å²) in [6, 6.07) is 5.70. The first-order valence-corrected chi connectivity index (χ1v) is 6.82. The van der Waals surface area contributed by atoms with Crippen molar-refractivity contribution in [1.82, 2.24) is 10.6 Å². The molecule has 0 aliphatic rings. The molecule has 19 heavy (non-hydrogen) atoms. The zero-order valence-corrected chi connectivity index (χ0v) is 12.8. The first-order valence-electron chi connectivity index (χ1n) is 6.03. The summed E-state index contributed by atoms with van der Waals surface area (Å²) in [4.78, 5) is 11.7. The molecule has 1 aromatic carbocycles. The molecular formula is C14H19BrN2O2. The van der Waals surface area contributed by atoms with Crippen LogP contribution in [0.5, 0.6) is 5.75 Å². The Morgan fingerprint density at radius 2 is 2.32 bits per heavy atom. The molecule has 0 saturated heterocycles. The van der Waals surface area contributed by atoms with Gasteiger partial charge in [-0.05, 0) is 40.5 Å². The molecule has 0 radical (unpaired) electrons. The van der Waals surface area contributed by atoms with Gasteiger partial charge in [0, 0.05) is 6.54 Å². The van der Waals surface area contributed by atoms with Gasteiger partial charge in [-0.25, -0.2) is 0 Å². The second-order valence-corrected chi connectivity index (χ2v) is 4.96. The van der Waals surface area contributed by atoms with Gasteiger partial charge in [0.25, 0.3) is 0 Å². The zero-order valence-electron chi connectivity index (χ0n) is 11.2. The summed E-state index contributed by atoms with van der Waals surface area (Å²) < 4.78 is 6.05. The molecule has 104 valence electrons. The van der Waals surface area contributed by atoms with E-state index >= 15 is 0 Å². The molecule has 0 spiro atoms. The summed E-state index contributed by atoms with van der Waals surface area (Å²) in [5, 5.41) is 5.88. The number of nitrogens with one attached hydrogen (secondary N) is 2. The minimum atomic E-state index is -0.0553. The third-order valence-electron chi connectivity index (χ3n) is 2.63. The Morgan fingerprint density at radius 3 is 2.89 bits per heavy atom. The lowest BCUT2D eigenvalue weighted by molar-refractivity contribution is -0.120. The van der Waals surface area contributed by atoms with Crippen LogP contribution < -0.4 is 15.4 Å². The lowest BCUT2D eigenvalue weighted by atomic mass is 10.1. The van der Waals surface area contributed by atoms with Crippen LogP contribution in [0.25, 0.3) is 0 Å². The third-order valence-corrected chi connectivity index (χ3v) is 3.25. The second-order valence-electron chi connectivity index (χ2n) is 4.10. The van der Waals surface area contributed by atoms with E-state index in [0.717, 1.165) is 15.8 Å². The van der Waals surface area contributed by atoms with Crippen LogP contribution in [-0.2, 0) is 4.79 Å². The molecule has 0 aromatic heterocycles. The van der Waals surface area contributed by atoms with Crippen LogP contribution in [0.2, 0.25) is 0 Å². The fourth-order valence-electron chi connectivity index (χ4n) is 1.62. The molecule has 0 bridgehead atoms. The highest BCUT2D eigenvalue weighted by atomic mass is 79.9. The van der Waals surface area contributed by atoms with Crippen LogP contribution in [-0.4, -0.2) is 26.1 Å². The Morgan fingerprint density at radius 1 is 1.58 bits per heavy atom. The number of benzene rings is 1. The molecule has 1 rings (SSSR count). The van der Waals surface area contributed by atoms with Gasteiger partial charge >= 0.3 is 0 Å². The maximum Gasteiger partial charge on any atom is 0.234 e. The van der Waals surface area contributed by atoms with Crippen molar-refractivity contribution >= 4 is 21.8 Å². The van der Waals surface area contributed by atoms with Crippen LogP contribution >= 0.6 is 15.9 Å². The lowest BCUT2D eigenvalue weighted by Crippen LogP contribution is -2.35. The first kappa shape index (κ1) is 15.7. The maximum atomic E-state index is 11.7. The van der Waals surface area contributed by atoms with E-state index in [-0.39, 0.29) is 18.5 Å². The number of amides is 1. The van der Waals surface area contributed by atoms with E-state index in [0.29, 0.717) is 6.54 Å². The van der Waals surface area contributed by atoms with Gasteiger partial charge < -0.3 is 15.4 Å². The highest BCUT2D eigenvalue weighted by Crippen LogP contribution is 2.27. The molecular weight excluding hydrogens is 308 g/mol. The molecule has 1 unspecified atom stereocenters. The fraction of sp³-hybridized carbons (Fsp3) is 0.357. The van der Waals surface area contributed by atoms with Gasteiger partial charge in [-0.3, -0.25) is 4.79 Å². The minimum Gasteiger partial charge on any atom is -0.496 e. The Kier molecular flexibility index (Phi) is 6.59. The molecule has 0 heterocycles. The quantitative estimate of drug-likeness (QED) is 0.597. The third kappa shape index (κ3) is 5.04. The number of carbonyl (C=O) groups excluding carboxylic acids is 1. The summed E-state index contributed by atoms with van der Waals surface area (Å²) in [5.74, 6) is 0.733.